The van der Waals surface area contributed by atoms with E-state index in [0.29, 0.717) is 0 Å². The van der Waals surface area contributed by atoms with E-state index in [1.807, 2.05) is 0 Å². The van der Waals surface area contributed by atoms with Crippen LogP contribution in [-0.2, 0) is 10.9 Å². The van der Waals surface area contributed by atoms with Crippen LogP contribution >= 0.6 is 0 Å². The zero-order chi connectivity index (χ0) is 18.1. The molecule has 0 radical (unpaired) electrons. The van der Waals surface area contributed by atoms with Crippen LogP contribution in [0.15, 0.2) is 69.3 Å². The highest BCUT2D eigenvalue weighted by Crippen LogP contribution is 2.40. The Morgan fingerprint density at radius 3 is 0.800 bits per heavy atom. The summed E-state index contributed by atoms with van der Waals surface area (Å²) in [6.07, 6.45) is 0. The third-order valence-electron chi connectivity index (χ3n) is 4.84. The van der Waals surface area contributed by atoms with Gasteiger partial charge in [-0.25, -0.2) is 0 Å². The Morgan fingerprint density at radius 2 is 0.600 bits per heavy atom. The molecule has 0 fully saturated rings. The van der Waals surface area contributed by atoms with Gasteiger partial charge in [0.25, 0.3) is 0 Å². The molecule has 1 heteroatoms. The van der Waals surface area contributed by atoms with E-state index in [0.717, 1.165) is 0 Å². The van der Waals surface area contributed by atoms with Crippen LogP contribution in [0, 0.1) is 41.5 Å². The maximum atomic E-state index is 2.25. The molecule has 0 heterocycles. The van der Waals surface area contributed by atoms with Crippen molar-refractivity contribution < 1.29 is 0 Å². The highest BCUT2D eigenvalue weighted by Gasteiger charge is 2.37. The average molecular weight is 348 g/mol. The number of aryl methyl sites for hydroxylation is 6. The Kier molecular flexibility index (Phi) is 5.06. The van der Waals surface area contributed by atoms with Gasteiger partial charge in [0.15, 0.2) is 14.7 Å². The third-order valence-corrected chi connectivity index (χ3v) is 8.00. The van der Waals surface area contributed by atoms with Gasteiger partial charge in [-0.05, 0) is 41.5 Å². The Hall–Kier alpha value is -1.99. The van der Waals surface area contributed by atoms with Crippen LogP contribution in [0.3, 0.4) is 0 Å². The molecule has 0 aliphatic rings. The van der Waals surface area contributed by atoms with Gasteiger partial charge >= 0.3 is 0 Å². The van der Waals surface area contributed by atoms with Crippen molar-refractivity contribution in [2.45, 2.75) is 56.2 Å². The summed E-state index contributed by atoms with van der Waals surface area (Å²) >= 11 is 0. The van der Waals surface area contributed by atoms with Gasteiger partial charge in [-0.3, -0.25) is 0 Å². The monoisotopic (exact) mass is 347 g/mol. The molecule has 0 aliphatic carbocycles. The lowest BCUT2D eigenvalue weighted by Gasteiger charge is -2.18. The molecular formula is C24H27S+. The maximum Gasteiger partial charge on any atom is 0.172 e. The zero-order valence-electron chi connectivity index (χ0n) is 16.1. The summed E-state index contributed by atoms with van der Waals surface area (Å²) in [7, 11) is -0.0841. The summed E-state index contributed by atoms with van der Waals surface area (Å²) in [5.74, 6) is 0. The second-order valence-electron chi connectivity index (χ2n) is 6.97. The summed E-state index contributed by atoms with van der Waals surface area (Å²) in [5, 5.41) is 0. The predicted molar refractivity (Wildman–Crippen MR) is 110 cm³/mol. The van der Waals surface area contributed by atoms with E-state index in [-0.39, 0.29) is 10.9 Å². The fourth-order valence-electron chi connectivity index (χ4n) is 3.67. The standard InChI is InChI=1S/C24H27S/c1-16-10-7-11-17(2)22(16)25(23-18(3)12-8-13-19(23)4)24-20(5)14-9-15-21(24)6/h7-15H,1-6H3/q+1. The maximum absolute atomic E-state index is 2.25. The first-order valence-electron chi connectivity index (χ1n) is 8.84. The Morgan fingerprint density at radius 1 is 0.400 bits per heavy atom. The number of hydrogen-bond acceptors (Lipinski definition) is 0. The molecule has 0 spiro atoms. The molecule has 0 bridgehead atoms. The highest BCUT2D eigenvalue weighted by molar-refractivity contribution is 7.97. The van der Waals surface area contributed by atoms with Crippen LogP contribution in [0.1, 0.15) is 33.4 Å². The van der Waals surface area contributed by atoms with Gasteiger partial charge in [-0.2, -0.15) is 0 Å². The molecule has 0 amide bonds. The van der Waals surface area contributed by atoms with Crippen molar-refractivity contribution in [1.82, 2.24) is 0 Å². The van der Waals surface area contributed by atoms with Crippen molar-refractivity contribution in [3.63, 3.8) is 0 Å². The lowest BCUT2D eigenvalue weighted by atomic mass is 10.1. The van der Waals surface area contributed by atoms with Gasteiger partial charge in [-0.15, -0.1) is 0 Å². The molecule has 0 nitrogen and oxygen atoms in total. The van der Waals surface area contributed by atoms with E-state index in [1.54, 1.807) is 0 Å². The van der Waals surface area contributed by atoms with Gasteiger partial charge in [0, 0.05) is 33.4 Å². The number of benzene rings is 3. The SMILES string of the molecule is Cc1cccc(C)c1[S+](c1c(C)cccc1C)c1c(C)cccc1C. The zero-order valence-corrected chi connectivity index (χ0v) is 16.9. The first-order valence-corrected chi connectivity index (χ1v) is 10.1. The van der Waals surface area contributed by atoms with Crippen LogP contribution in [0.25, 0.3) is 0 Å². The van der Waals surface area contributed by atoms with Crippen LogP contribution in [-0.4, -0.2) is 0 Å². The van der Waals surface area contributed by atoms with Gasteiger partial charge in [0.1, 0.15) is 10.9 Å². The van der Waals surface area contributed by atoms with Gasteiger partial charge in [-0.1, -0.05) is 54.6 Å². The lowest BCUT2D eigenvalue weighted by Crippen LogP contribution is -2.14. The molecule has 0 N–H and O–H groups in total. The Labute approximate surface area is 155 Å². The minimum Gasteiger partial charge on any atom is -0.0614 e. The fourth-order valence-corrected chi connectivity index (χ4v) is 6.62. The second kappa shape index (κ2) is 7.09. The molecule has 3 aromatic carbocycles. The number of hydrogen-bond donors (Lipinski definition) is 0. The smallest absolute Gasteiger partial charge is 0.0614 e. The largest absolute Gasteiger partial charge is 0.172 e. The van der Waals surface area contributed by atoms with Crippen LogP contribution in [0.2, 0.25) is 0 Å². The molecule has 3 rings (SSSR count). The normalized spacial score (nSPS) is 11.2. The van der Waals surface area contributed by atoms with Crippen LogP contribution in [0.5, 0.6) is 0 Å². The minimum atomic E-state index is -0.0841. The molecule has 25 heavy (non-hydrogen) atoms. The molecule has 0 atom stereocenters. The second-order valence-corrected chi connectivity index (χ2v) is 8.81. The molecule has 0 aromatic heterocycles. The van der Waals surface area contributed by atoms with Crippen LogP contribution in [0.4, 0.5) is 0 Å². The van der Waals surface area contributed by atoms with Gasteiger partial charge in [0.2, 0.25) is 0 Å². The first-order chi connectivity index (χ1) is 11.9. The van der Waals surface area contributed by atoms with Crippen LogP contribution < -0.4 is 0 Å². The Balaban J connectivity index is 2.42. The molecule has 128 valence electrons. The summed E-state index contributed by atoms with van der Waals surface area (Å²) in [6.45, 7) is 13.5. The van der Waals surface area contributed by atoms with E-state index in [2.05, 4.69) is 96.1 Å². The van der Waals surface area contributed by atoms with Crippen molar-refractivity contribution >= 4 is 10.9 Å². The molecule has 0 saturated heterocycles. The average Bonchev–Trinajstić information content (AvgIpc) is 2.53. The lowest BCUT2D eigenvalue weighted by molar-refractivity contribution is 1.12. The van der Waals surface area contributed by atoms with E-state index in [9.17, 15) is 0 Å². The van der Waals surface area contributed by atoms with E-state index < -0.39 is 0 Å². The summed E-state index contributed by atoms with van der Waals surface area (Å²) in [6, 6.07) is 20.0. The molecule has 0 unspecified atom stereocenters. The molecule has 0 aliphatic heterocycles. The van der Waals surface area contributed by atoms with Crippen molar-refractivity contribution in [2.24, 2.45) is 0 Å². The Bertz CT molecular complexity index is 738. The molecule has 0 saturated carbocycles. The molecule has 3 aromatic rings. The quantitative estimate of drug-likeness (QED) is 0.466. The van der Waals surface area contributed by atoms with Gasteiger partial charge in [0.05, 0.1) is 0 Å². The third kappa shape index (κ3) is 3.26. The van der Waals surface area contributed by atoms with Crippen molar-refractivity contribution in [3.05, 3.63) is 88.0 Å². The highest BCUT2D eigenvalue weighted by atomic mass is 32.2. The first kappa shape index (κ1) is 17.8. The molecular weight excluding hydrogens is 320 g/mol. The van der Waals surface area contributed by atoms with Crippen molar-refractivity contribution in [1.29, 1.82) is 0 Å². The van der Waals surface area contributed by atoms with Crippen molar-refractivity contribution in [3.8, 4) is 0 Å². The summed E-state index contributed by atoms with van der Waals surface area (Å²) in [4.78, 5) is 4.45. The summed E-state index contributed by atoms with van der Waals surface area (Å²) < 4.78 is 0. The fraction of sp³-hybridized carbons (Fsp3) is 0.250. The summed E-state index contributed by atoms with van der Waals surface area (Å²) in [5.41, 5.74) is 8.30. The van der Waals surface area contributed by atoms with E-state index >= 15 is 0 Å². The predicted octanol–water partition coefficient (Wildman–Crippen LogP) is 6.63. The van der Waals surface area contributed by atoms with E-state index in [1.165, 1.54) is 48.1 Å². The van der Waals surface area contributed by atoms with Crippen molar-refractivity contribution in [2.75, 3.05) is 0 Å². The number of rotatable bonds is 3. The van der Waals surface area contributed by atoms with Gasteiger partial charge < -0.3 is 0 Å². The van der Waals surface area contributed by atoms with E-state index in [4.69, 9.17) is 0 Å². The minimum absolute atomic E-state index is 0.0841. The topological polar surface area (TPSA) is 0 Å².